The third kappa shape index (κ3) is 5.21. The summed E-state index contributed by atoms with van der Waals surface area (Å²) in [7, 11) is 0. The fourth-order valence-electron chi connectivity index (χ4n) is 2.46. The number of hydrogen-bond acceptors (Lipinski definition) is 1. The van der Waals surface area contributed by atoms with Crippen molar-refractivity contribution in [2.45, 2.75) is 64.3 Å². The summed E-state index contributed by atoms with van der Waals surface area (Å²) in [5.74, 6) is 0.829. The van der Waals surface area contributed by atoms with Crippen molar-refractivity contribution in [2.24, 2.45) is 0 Å². The number of nitrogens with zero attached hydrogens (tertiary/aromatic N) is 1. The van der Waals surface area contributed by atoms with Crippen LogP contribution in [0, 0.1) is 0 Å². The van der Waals surface area contributed by atoms with E-state index >= 15 is 0 Å². The molecule has 1 rings (SSSR count). The number of alkyl halides is 1. The maximum absolute atomic E-state index is 5.94. The summed E-state index contributed by atoms with van der Waals surface area (Å²) in [5.41, 5.74) is 0. The molecule has 1 fully saturated rings. The highest BCUT2D eigenvalue weighted by Crippen LogP contribution is 2.19. The minimum atomic E-state index is 0.683. The molecule has 0 bridgehead atoms. The van der Waals surface area contributed by atoms with Gasteiger partial charge < -0.3 is 0 Å². The molecule has 15 heavy (non-hydrogen) atoms. The minimum absolute atomic E-state index is 0.683. The summed E-state index contributed by atoms with van der Waals surface area (Å²) in [6, 6.07) is 0.683. The summed E-state index contributed by atoms with van der Waals surface area (Å²) in [6.45, 7) is 4.84. The summed E-state index contributed by atoms with van der Waals surface area (Å²) in [5, 5.41) is 0. The number of halogens is 1. The number of likely N-dealkylation sites (tertiary alicyclic amines) is 1. The van der Waals surface area contributed by atoms with E-state index in [1.807, 2.05) is 0 Å². The maximum Gasteiger partial charge on any atom is 0.0379 e. The molecule has 1 atom stereocenters. The Morgan fingerprint density at radius 2 is 1.87 bits per heavy atom. The molecule has 90 valence electrons. The molecule has 0 saturated carbocycles. The monoisotopic (exact) mass is 231 g/mol. The zero-order valence-electron chi connectivity index (χ0n) is 10.2. The third-order valence-electron chi connectivity index (χ3n) is 3.48. The van der Waals surface area contributed by atoms with Gasteiger partial charge in [0.2, 0.25) is 0 Å². The van der Waals surface area contributed by atoms with Crippen LogP contribution in [0.5, 0.6) is 0 Å². The van der Waals surface area contributed by atoms with E-state index in [-0.39, 0.29) is 0 Å². The van der Waals surface area contributed by atoms with E-state index in [4.69, 9.17) is 11.6 Å². The fourth-order valence-corrected chi connectivity index (χ4v) is 2.81. The first-order valence-electron chi connectivity index (χ1n) is 6.68. The van der Waals surface area contributed by atoms with Gasteiger partial charge in [0.05, 0.1) is 0 Å². The van der Waals surface area contributed by atoms with Crippen LogP contribution in [0.15, 0.2) is 0 Å². The molecular weight excluding hydrogens is 206 g/mol. The van der Waals surface area contributed by atoms with Crippen LogP contribution in [0.4, 0.5) is 0 Å². The van der Waals surface area contributed by atoms with Crippen LogP contribution in [0.1, 0.15) is 58.3 Å². The van der Waals surface area contributed by atoms with Gasteiger partial charge in [-0.25, -0.2) is 0 Å². The molecule has 1 saturated heterocycles. The van der Waals surface area contributed by atoms with Gasteiger partial charge in [-0.1, -0.05) is 39.0 Å². The lowest BCUT2D eigenvalue weighted by atomic mass is 10.1. The number of rotatable bonds is 8. The van der Waals surface area contributed by atoms with E-state index in [0.29, 0.717) is 6.04 Å². The van der Waals surface area contributed by atoms with Gasteiger partial charge in [-0.2, -0.15) is 0 Å². The molecule has 0 aromatic heterocycles. The summed E-state index contributed by atoms with van der Waals surface area (Å²) >= 11 is 5.94. The maximum atomic E-state index is 5.94. The molecule has 2 heteroatoms. The largest absolute Gasteiger partial charge is 0.299 e. The molecule has 1 nitrogen and oxygen atoms in total. The van der Waals surface area contributed by atoms with E-state index < -0.39 is 0 Å². The van der Waals surface area contributed by atoms with Crippen molar-refractivity contribution in [3.63, 3.8) is 0 Å². The molecule has 0 aliphatic carbocycles. The average molecular weight is 232 g/mol. The van der Waals surface area contributed by atoms with Gasteiger partial charge in [-0.05, 0) is 32.4 Å². The molecule has 1 aliphatic heterocycles. The normalized spacial score (nSPS) is 22.4. The number of unbranched alkanes of at least 4 members (excludes halogenated alkanes) is 5. The fraction of sp³-hybridized carbons (Fsp3) is 1.00. The van der Waals surface area contributed by atoms with E-state index in [1.165, 1.54) is 64.5 Å². The van der Waals surface area contributed by atoms with Gasteiger partial charge in [0.15, 0.2) is 0 Å². The smallest absolute Gasteiger partial charge is 0.0379 e. The first-order chi connectivity index (χ1) is 7.38. The Hall–Kier alpha value is 0.250. The van der Waals surface area contributed by atoms with Crippen molar-refractivity contribution in [3.05, 3.63) is 0 Å². The SMILES string of the molecule is CCCCCCCCN1CCCC1CCl. The molecule has 1 heterocycles. The molecule has 0 radical (unpaired) electrons. The standard InChI is InChI=1S/C13H26ClN/c1-2-3-4-5-6-7-10-15-11-8-9-13(15)12-14/h13H,2-12H2,1H3. The lowest BCUT2D eigenvalue weighted by Crippen LogP contribution is -2.31. The van der Waals surface area contributed by atoms with Crippen LogP contribution in [-0.4, -0.2) is 29.9 Å². The highest BCUT2D eigenvalue weighted by molar-refractivity contribution is 6.18. The summed E-state index contributed by atoms with van der Waals surface area (Å²) in [4.78, 5) is 2.59. The lowest BCUT2D eigenvalue weighted by molar-refractivity contribution is 0.264. The minimum Gasteiger partial charge on any atom is -0.299 e. The molecule has 0 aromatic rings. The van der Waals surface area contributed by atoms with E-state index in [1.54, 1.807) is 0 Å². The second-order valence-electron chi connectivity index (χ2n) is 4.75. The number of hydrogen-bond donors (Lipinski definition) is 0. The van der Waals surface area contributed by atoms with E-state index in [9.17, 15) is 0 Å². The van der Waals surface area contributed by atoms with Crippen LogP contribution in [0.3, 0.4) is 0 Å². The zero-order valence-corrected chi connectivity index (χ0v) is 10.9. The molecule has 0 aromatic carbocycles. The first-order valence-corrected chi connectivity index (χ1v) is 7.22. The average Bonchev–Trinajstić information content (AvgIpc) is 2.70. The van der Waals surface area contributed by atoms with Crippen LogP contribution in [-0.2, 0) is 0 Å². The van der Waals surface area contributed by atoms with Gasteiger partial charge in [-0.15, -0.1) is 11.6 Å². The Balaban J connectivity index is 1.95. The Morgan fingerprint density at radius 1 is 1.13 bits per heavy atom. The Kier molecular flexibility index (Phi) is 7.46. The molecule has 1 aliphatic rings. The van der Waals surface area contributed by atoms with Gasteiger partial charge in [-0.3, -0.25) is 4.90 Å². The van der Waals surface area contributed by atoms with Crippen molar-refractivity contribution in [2.75, 3.05) is 19.0 Å². The second-order valence-corrected chi connectivity index (χ2v) is 5.06. The van der Waals surface area contributed by atoms with Crippen LogP contribution < -0.4 is 0 Å². The lowest BCUT2D eigenvalue weighted by Gasteiger charge is -2.22. The van der Waals surface area contributed by atoms with E-state index in [2.05, 4.69) is 11.8 Å². The summed E-state index contributed by atoms with van der Waals surface area (Å²) < 4.78 is 0. The summed E-state index contributed by atoms with van der Waals surface area (Å²) in [6.07, 6.45) is 11.1. The van der Waals surface area contributed by atoms with Crippen LogP contribution in [0.2, 0.25) is 0 Å². The molecule has 0 N–H and O–H groups in total. The zero-order chi connectivity index (χ0) is 10.9. The van der Waals surface area contributed by atoms with Crippen molar-refractivity contribution >= 4 is 11.6 Å². The predicted molar refractivity (Wildman–Crippen MR) is 68.7 cm³/mol. The molecule has 1 unspecified atom stereocenters. The highest BCUT2D eigenvalue weighted by Gasteiger charge is 2.22. The topological polar surface area (TPSA) is 3.24 Å². The van der Waals surface area contributed by atoms with Crippen LogP contribution >= 0.6 is 11.6 Å². The third-order valence-corrected chi connectivity index (χ3v) is 3.83. The van der Waals surface area contributed by atoms with Gasteiger partial charge >= 0.3 is 0 Å². The molecule has 0 spiro atoms. The predicted octanol–water partition coefficient (Wildman–Crippen LogP) is 4.05. The van der Waals surface area contributed by atoms with E-state index in [0.717, 1.165) is 5.88 Å². The van der Waals surface area contributed by atoms with Crippen molar-refractivity contribution in [1.82, 2.24) is 4.90 Å². The first kappa shape index (κ1) is 13.3. The molecular formula is C13H26ClN. The van der Waals surface area contributed by atoms with Crippen LogP contribution in [0.25, 0.3) is 0 Å². The van der Waals surface area contributed by atoms with Crippen molar-refractivity contribution in [1.29, 1.82) is 0 Å². The van der Waals surface area contributed by atoms with Gasteiger partial charge in [0.1, 0.15) is 0 Å². The molecule has 0 amide bonds. The Bertz CT molecular complexity index is 149. The highest BCUT2D eigenvalue weighted by atomic mass is 35.5. The Labute approximate surface area is 100 Å². The van der Waals surface area contributed by atoms with Crippen molar-refractivity contribution < 1.29 is 0 Å². The van der Waals surface area contributed by atoms with Crippen molar-refractivity contribution in [3.8, 4) is 0 Å². The Morgan fingerprint density at radius 3 is 2.60 bits per heavy atom. The second kappa shape index (κ2) is 8.41. The quantitative estimate of drug-likeness (QED) is 0.450. The van der Waals surface area contributed by atoms with Gasteiger partial charge in [0.25, 0.3) is 0 Å². The van der Waals surface area contributed by atoms with Gasteiger partial charge in [0, 0.05) is 11.9 Å².